The molecular weight excluding hydrogens is 394 g/mol. The van der Waals surface area contributed by atoms with Gasteiger partial charge in [0.1, 0.15) is 6.54 Å². The first kappa shape index (κ1) is 22.4. The summed E-state index contributed by atoms with van der Waals surface area (Å²) in [4.78, 5) is 23.0. The molecule has 0 radical (unpaired) electrons. The largest absolute Gasteiger partial charge is 0.324 e. The molecule has 8 nitrogen and oxygen atoms in total. The average Bonchev–Trinajstić information content (AvgIpc) is 2.59. The fraction of sp³-hybridized carbons (Fsp3) is 0.350. The van der Waals surface area contributed by atoms with Gasteiger partial charge in [-0.3, -0.25) is 19.2 Å². The minimum absolute atomic E-state index is 0.0919. The molecule has 0 aliphatic carbocycles. The van der Waals surface area contributed by atoms with Crippen LogP contribution in [0.1, 0.15) is 31.9 Å². The average molecular weight is 420 g/mol. The monoisotopic (exact) mass is 419 g/mol. The zero-order valence-corrected chi connectivity index (χ0v) is 17.9. The zero-order valence-electron chi connectivity index (χ0n) is 17.1. The molecule has 2 rings (SSSR count). The van der Waals surface area contributed by atoms with Crippen molar-refractivity contribution in [3.8, 4) is 0 Å². The van der Waals surface area contributed by atoms with E-state index in [-0.39, 0.29) is 16.8 Å². The fourth-order valence-corrected chi connectivity index (χ4v) is 3.66. The number of nitro benzene ring substituents is 1. The van der Waals surface area contributed by atoms with Crippen molar-refractivity contribution in [1.82, 2.24) is 0 Å². The van der Waals surface area contributed by atoms with Crippen molar-refractivity contribution in [3.05, 3.63) is 63.7 Å². The molecule has 0 atom stereocenters. The molecule has 156 valence electrons. The van der Waals surface area contributed by atoms with Crippen molar-refractivity contribution in [2.24, 2.45) is 0 Å². The molecular formula is C20H25N3O5S. The number of rotatable bonds is 6. The number of hydrogen-bond acceptors (Lipinski definition) is 5. The van der Waals surface area contributed by atoms with Gasteiger partial charge in [0.25, 0.3) is 5.69 Å². The highest BCUT2D eigenvalue weighted by atomic mass is 32.2. The van der Waals surface area contributed by atoms with Crippen molar-refractivity contribution in [3.63, 3.8) is 0 Å². The Labute approximate surface area is 170 Å². The van der Waals surface area contributed by atoms with E-state index >= 15 is 0 Å². The highest BCUT2D eigenvalue weighted by Gasteiger charge is 2.23. The van der Waals surface area contributed by atoms with Gasteiger partial charge < -0.3 is 5.32 Å². The molecule has 29 heavy (non-hydrogen) atoms. The van der Waals surface area contributed by atoms with Gasteiger partial charge in [0.2, 0.25) is 15.9 Å². The Bertz CT molecular complexity index is 1030. The Kier molecular flexibility index (Phi) is 6.32. The molecule has 2 aromatic carbocycles. The number of benzene rings is 2. The summed E-state index contributed by atoms with van der Waals surface area (Å²) in [6, 6.07) is 11.3. The van der Waals surface area contributed by atoms with E-state index in [9.17, 15) is 23.3 Å². The summed E-state index contributed by atoms with van der Waals surface area (Å²) in [5.74, 6) is -0.598. The summed E-state index contributed by atoms with van der Waals surface area (Å²) >= 11 is 0. The summed E-state index contributed by atoms with van der Waals surface area (Å²) in [6.45, 7) is 7.21. The second kappa shape index (κ2) is 8.20. The van der Waals surface area contributed by atoms with E-state index < -0.39 is 27.4 Å². The number of hydrogen-bond donors (Lipinski definition) is 1. The van der Waals surface area contributed by atoms with Crippen LogP contribution in [0, 0.1) is 17.0 Å². The Morgan fingerprint density at radius 3 is 2.21 bits per heavy atom. The predicted molar refractivity (Wildman–Crippen MR) is 114 cm³/mol. The Balaban J connectivity index is 2.27. The lowest BCUT2D eigenvalue weighted by Crippen LogP contribution is -2.37. The minimum atomic E-state index is -3.72. The molecule has 0 saturated heterocycles. The van der Waals surface area contributed by atoms with Gasteiger partial charge in [-0.15, -0.1) is 0 Å². The second-order valence-corrected chi connectivity index (χ2v) is 9.73. The lowest BCUT2D eigenvalue weighted by atomic mass is 9.87. The molecule has 2 aromatic rings. The number of carbonyl (C=O) groups is 1. The van der Waals surface area contributed by atoms with Gasteiger partial charge in [0.15, 0.2) is 0 Å². The predicted octanol–water partition coefficient (Wildman–Crippen LogP) is 3.61. The Morgan fingerprint density at radius 1 is 1.14 bits per heavy atom. The van der Waals surface area contributed by atoms with Crippen LogP contribution in [0.25, 0.3) is 0 Å². The lowest BCUT2D eigenvalue weighted by Gasteiger charge is -2.24. The van der Waals surface area contributed by atoms with Crippen LogP contribution in [-0.4, -0.2) is 32.0 Å². The van der Waals surface area contributed by atoms with Crippen molar-refractivity contribution in [2.75, 3.05) is 22.4 Å². The SMILES string of the molecule is Cc1c(NC(=O)CN(c2ccc(C(C)(C)C)cc2)S(C)(=O)=O)cccc1[N+](=O)[O-]. The molecule has 1 amide bonds. The van der Waals surface area contributed by atoms with Crippen LogP contribution in [0.3, 0.4) is 0 Å². The van der Waals surface area contributed by atoms with E-state index in [1.807, 2.05) is 32.9 Å². The fourth-order valence-electron chi connectivity index (χ4n) is 2.80. The minimum Gasteiger partial charge on any atom is -0.324 e. The first-order chi connectivity index (χ1) is 13.3. The highest BCUT2D eigenvalue weighted by molar-refractivity contribution is 7.92. The summed E-state index contributed by atoms with van der Waals surface area (Å²) in [6.07, 6.45) is 1.02. The van der Waals surface area contributed by atoms with Gasteiger partial charge in [-0.05, 0) is 36.1 Å². The van der Waals surface area contributed by atoms with Crippen molar-refractivity contribution in [1.29, 1.82) is 0 Å². The van der Waals surface area contributed by atoms with E-state index in [1.165, 1.54) is 25.1 Å². The van der Waals surface area contributed by atoms with Gasteiger partial charge in [-0.1, -0.05) is 39.0 Å². The normalized spacial score (nSPS) is 11.8. The van der Waals surface area contributed by atoms with Crippen LogP contribution in [0.15, 0.2) is 42.5 Å². The molecule has 0 saturated carbocycles. The van der Waals surface area contributed by atoms with Gasteiger partial charge in [-0.25, -0.2) is 8.42 Å². The smallest absolute Gasteiger partial charge is 0.274 e. The summed E-state index contributed by atoms with van der Waals surface area (Å²) in [7, 11) is -3.72. The third kappa shape index (κ3) is 5.54. The van der Waals surface area contributed by atoms with Crippen LogP contribution < -0.4 is 9.62 Å². The number of nitrogens with zero attached hydrogens (tertiary/aromatic N) is 2. The Hall–Kier alpha value is -2.94. The molecule has 0 aromatic heterocycles. The summed E-state index contributed by atoms with van der Waals surface area (Å²) in [5.41, 5.74) is 1.75. The second-order valence-electron chi connectivity index (χ2n) is 7.82. The molecule has 1 N–H and O–H groups in total. The maximum Gasteiger partial charge on any atom is 0.274 e. The number of nitrogens with one attached hydrogen (secondary N) is 1. The molecule has 9 heteroatoms. The summed E-state index contributed by atoms with van der Waals surface area (Å²) < 4.78 is 25.5. The molecule has 0 aliphatic heterocycles. The van der Waals surface area contributed by atoms with Crippen LogP contribution in [0.2, 0.25) is 0 Å². The molecule has 0 fully saturated rings. The number of nitro groups is 1. The van der Waals surface area contributed by atoms with Crippen molar-refractivity contribution < 1.29 is 18.1 Å². The number of anilines is 2. The van der Waals surface area contributed by atoms with Crippen LogP contribution in [0.4, 0.5) is 17.1 Å². The quantitative estimate of drug-likeness (QED) is 0.568. The van der Waals surface area contributed by atoms with Crippen molar-refractivity contribution in [2.45, 2.75) is 33.1 Å². The van der Waals surface area contributed by atoms with E-state index in [0.717, 1.165) is 16.1 Å². The van der Waals surface area contributed by atoms with E-state index in [2.05, 4.69) is 5.32 Å². The van der Waals surface area contributed by atoms with E-state index in [0.29, 0.717) is 11.3 Å². The topological polar surface area (TPSA) is 110 Å². The van der Waals surface area contributed by atoms with Crippen LogP contribution in [-0.2, 0) is 20.2 Å². The maximum atomic E-state index is 12.5. The highest BCUT2D eigenvalue weighted by Crippen LogP contribution is 2.27. The number of amides is 1. The molecule has 0 heterocycles. The maximum absolute atomic E-state index is 12.5. The van der Waals surface area contributed by atoms with Crippen LogP contribution >= 0.6 is 0 Å². The van der Waals surface area contributed by atoms with Crippen LogP contribution in [0.5, 0.6) is 0 Å². The van der Waals surface area contributed by atoms with E-state index in [4.69, 9.17) is 0 Å². The standard InChI is InChI=1S/C20H25N3O5S/c1-14-17(7-6-8-18(14)23(25)26)21-19(24)13-22(29(5,27)28)16-11-9-15(10-12-16)20(2,3)4/h6-12H,13H2,1-5H3,(H,21,24). The third-order valence-electron chi connectivity index (χ3n) is 4.48. The van der Waals surface area contributed by atoms with Gasteiger partial charge >= 0.3 is 0 Å². The van der Waals surface area contributed by atoms with Crippen molar-refractivity contribution >= 4 is 33.0 Å². The zero-order chi connectivity index (χ0) is 22.0. The summed E-state index contributed by atoms with van der Waals surface area (Å²) in [5, 5.41) is 13.6. The van der Waals surface area contributed by atoms with Gasteiger partial charge in [-0.2, -0.15) is 0 Å². The molecule has 0 bridgehead atoms. The van der Waals surface area contributed by atoms with E-state index in [1.54, 1.807) is 12.1 Å². The number of sulfonamides is 1. The molecule has 0 spiro atoms. The Morgan fingerprint density at radius 2 is 1.72 bits per heavy atom. The van der Waals surface area contributed by atoms with Gasteiger partial charge in [0, 0.05) is 6.07 Å². The third-order valence-corrected chi connectivity index (χ3v) is 5.63. The molecule has 0 aliphatic rings. The number of carbonyl (C=O) groups excluding carboxylic acids is 1. The first-order valence-corrected chi connectivity index (χ1v) is 10.8. The lowest BCUT2D eigenvalue weighted by molar-refractivity contribution is -0.385. The first-order valence-electron chi connectivity index (χ1n) is 8.93. The molecule has 0 unspecified atom stereocenters. The van der Waals surface area contributed by atoms with Gasteiger partial charge in [0.05, 0.1) is 28.1 Å².